The minimum atomic E-state index is -2.66. The highest BCUT2D eigenvalue weighted by Gasteiger charge is 2.38. The summed E-state index contributed by atoms with van der Waals surface area (Å²) in [5, 5.41) is 3.01. The van der Waals surface area contributed by atoms with Crippen LogP contribution in [-0.2, 0) is 5.41 Å². The molecule has 1 heterocycles. The molecule has 1 amide bonds. The van der Waals surface area contributed by atoms with E-state index in [0.717, 1.165) is 19.3 Å². The van der Waals surface area contributed by atoms with Gasteiger partial charge in [0.15, 0.2) is 5.82 Å². The van der Waals surface area contributed by atoms with Gasteiger partial charge in [0.1, 0.15) is 0 Å². The Kier molecular flexibility index (Phi) is 4.18. The summed E-state index contributed by atoms with van der Waals surface area (Å²) in [6.07, 6.45) is 0.592. The van der Waals surface area contributed by atoms with E-state index in [1.54, 1.807) is 18.2 Å². The highest BCUT2D eigenvalue weighted by Crippen LogP contribution is 2.43. The molecule has 6 heteroatoms. The molecule has 0 spiro atoms. The number of carbonyl (C=O) groups is 1. The molecular formula is C20H19F2N3O. The van der Waals surface area contributed by atoms with Crippen LogP contribution in [0.1, 0.15) is 47.4 Å². The lowest BCUT2D eigenvalue weighted by atomic mass is 9.64. The number of hydrogen-bond donors (Lipinski definition) is 2. The summed E-state index contributed by atoms with van der Waals surface area (Å²) in [6, 6.07) is 15.0. The van der Waals surface area contributed by atoms with Crippen LogP contribution in [0.5, 0.6) is 0 Å². The van der Waals surface area contributed by atoms with Crippen molar-refractivity contribution in [1.29, 1.82) is 0 Å². The predicted molar refractivity (Wildman–Crippen MR) is 95.4 cm³/mol. The monoisotopic (exact) mass is 355 g/mol. The van der Waals surface area contributed by atoms with Crippen LogP contribution >= 0.6 is 0 Å². The highest BCUT2D eigenvalue weighted by atomic mass is 19.3. The van der Waals surface area contributed by atoms with E-state index in [1.807, 2.05) is 18.2 Å². The second-order valence-electron chi connectivity index (χ2n) is 6.84. The molecule has 1 fully saturated rings. The van der Waals surface area contributed by atoms with Gasteiger partial charge in [-0.15, -0.1) is 0 Å². The molecule has 0 atom stereocenters. The number of aromatic amines is 1. The number of hydrogen-bond acceptors (Lipinski definition) is 2. The van der Waals surface area contributed by atoms with E-state index in [2.05, 4.69) is 27.4 Å². The van der Waals surface area contributed by atoms with Crippen LogP contribution in [0.2, 0.25) is 0 Å². The Labute approximate surface area is 149 Å². The number of nitrogens with one attached hydrogen (secondary N) is 2. The lowest BCUT2D eigenvalue weighted by Gasteiger charge is -2.42. The van der Waals surface area contributed by atoms with E-state index in [0.29, 0.717) is 23.1 Å². The molecule has 2 N–H and O–H groups in total. The van der Waals surface area contributed by atoms with Crippen molar-refractivity contribution in [3.63, 3.8) is 0 Å². The quantitative estimate of drug-likeness (QED) is 0.715. The standard InChI is InChI=1S/C20H19F2N3O/c21-17(22)18-24-15-8-7-13(11-16(15)25-18)19(26)23-12-20(9-4-10-20)14-5-2-1-3-6-14/h1-3,5-8,11,17H,4,9-10,12H2,(H,23,26)(H,24,25). The van der Waals surface area contributed by atoms with Gasteiger partial charge in [-0.1, -0.05) is 36.8 Å². The van der Waals surface area contributed by atoms with Gasteiger partial charge in [-0.3, -0.25) is 4.79 Å². The first-order valence-electron chi connectivity index (χ1n) is 8.69. The van der Waals surface area contributed by atoms with Crippen LogP contribution in [0.15, 0.2) is 48.5 Å². The predicted octanol–water partition coefficient (Wildman–Crippen LogP) is 4.35. The average molecular weight is 355 g/mol. The third kappa shape index (κ3) is 2.96. The van der Waals surface area contributed by atoms with E-state index in [9.17, 15) is 13.6 Å². The highest BCUT2D eigenvalue weighted by molar-refractivity contribution is 5.97. The van der Waals surface area contributed by atoms with Gasteiger partial charge in [-0.25, -0.2) is 13.8 Å². The molecular weight excluding hydrogens is 336 g/mol. The van der Waals surface area contributed by atoms with Crippen molar-refractivity contribution in [2.45, 2.75) is 31.1 Å². The fourth-order valence-electron chi connectivity index (χ4n) is 3.59. The van der Waals surface area contributed by atoms with E-state index in [1.165, 1.54) is 5.56 Å². The Morgan fingerprint density at radius 1 is 1.19 bits per heavy atom. The number of amides is 1. The number of aromatic nitrogens is 2. The molecule has 0 aliphatic heterocycles. The molecule has 1 aliphatic rings. The Morgan fingerprint density at radius 3 is 2.62 bits per heavy atom. The fourth-order valence-corrected chi connectivity index (χ4v) is 3.59. The molecule has 0 saturated heterocycles. The number of H-pyrrole nitrogens is 1. The molecule has 4 rings (SSSR count). The second-order valence-corrected chi connectivity index (χ2v) is 6.84. The first-order chi connectivity index (χ1) is 12.6. The van der Waals surface area contributed by atoms with Crippen molar-refractivity contribution in [2.75, 3.05) is 6.54 Å². The van der Waals surface area contributed by atoms with E-state index < -0.39 is 6.43 Å². The van der Waals surface area contributed by atoms with Crippen LogP contribution in [0.3, 0.4) is 0 Å². The summed E-state index contributed by atoms with van der Waals surface area (Å²) < 4.78 is 25.5. The number of rotatable bonds is 5. The van der Waals surface area contributed by atoms with E-state index in [4.69, 9.17) is 0 Å². The van der Waals surface area contributed by atoms with Crippen molar-refractivity contribution in [3.8, 4) is 0 Å². The van der Waals surface area contributed by atoms with Crippen molar-refractivity contribution >= 4 is 16.9 Å². The van der Waals surface area contributed by atoms with Crippen molar-refractivity contribution in [3.05, 3.63) is 65.5 Å². The Bertz CT molecular complexity index is 933. The van der Waals surface area contributed by atoms with Crippen molar-refractivity contribution in [1.82, 2.24) is 15.3 Å². The lowest BCUT2D eigenvalue weighted by Crippen LogP contribution is -2.45. The largest absolute Gasteiger partial charge is 0.351 e. The summed E-state index contributed by atoms with van der Waals surface area (Å²) in [6.45, 7) is 0.569. The third-order valence-electron chi connectivity index (χ3n) is 5.25. The smallest absolute Gasteiger partial charge is 0.295 e. The summed E-state index contributed by atoms with van der Waals surface area (Å²) in [7, 11) is 0. The molecule has 2 aromatic carbocycles. The zero-order valence-corrected chi connectivity index (χ0v) is 14.1. The Balaban J connectivity index is 1.50. The second kappa shape index (κ2) is 6.52. The zero-order chi connectivity index (χ0) is 18.1. The molecule has 134 valence electrons. The molecule has 1 aliphatic carbocycles. The van der Waals surface area contributed by atoms with Gasteiger partial charge in [0, 0.05) is 17.5 Å². The van der Waals surface area contributed by atoms with Gasteiger partial charge in [-0.05, 0) is 36.6 Å². The van der Waals surface area contributed by atoms with Gasteiger partial charge in [0.05, 0.1) is 11.0 Å². The minimum Gasteiger partial charge on any atom is -0.351 e. The normalized spacial score (nSPS) is 15.8. The molecule has 3 aromatic rings. The fraction of sp³-hybridized carbons (Fsp3) is 0.300. The summed E-state index contributed by atoms with van der Waals surface area (Å²) in [4.78, 5) is 18.9. The van der Waals surface area contributed by atoms with Crippen LogP contribution in [0.25, 0.3) is 11.0 Å². The summed E-state index contributed by atoms with van der Waals surface area (Å²) in [5.41, 5.74) is 2.55. The first-order valence-corrected chi connectivity index (χ1v) is 8.69. The van der Waals surface area contributed by atoms with Crippen molar-refractivity contribution in [2.24, 2.45) is 0 Å². The van der Waals surface area contributed by atoms with Crippen LogP contribution in [0, 0.1) is 0 Å². The molecule has 0 radical (unpaired) electrons. The molecule has 0 unspecified atom stereocenters. The van der Waals surface area contributed by atoms with Gasteiger partial charge in [0.2, 0.25) is 0 Å². The van der Waals surface area contributed by atoms with Gasteiger partial charge in [0.25, 0.3) is 12.3 Å². The van der Waals surface area contributed by atoms with E-state index in [-0.39, 0.29) is 17.1 Å². The maximum atomic E-state index is 12.7. The third-order valence-corrected chi connectivity index (χ3v) is 5.25. The molecule has 4 nitrogen and oxygen atoms in total. The molecule has 0 bridgehead atoms. The first kappa shape index (κ1) is 16.7. The number of halogens is 2. The van der Waals surface area contributed by atoms with Crippen LogP contribution < -0.4 is 5.32 Å². The SMILES string of the molecule is O=C(NCC1(c2ccccc2)CCC1)c1ccc2nc(C(F)F)[nH]c2c1. The number of imidazole rings is 1. The zero-order valence-electron chi connectivity index (χ0n) is 14.1. The molecule has 26 heavy (non-hydrogen) atoms. The lowest BCUT2D eigenvalue weighted by molar-refractivity contribution is 0.0928. The Morgan fingerprint density at radius 2 is 1.96 bits per heavy atom. The number of nitrogens with zero attached hydrogens (tertiary/aromatic N) is 1. The maximum absolute atomic E-state index is 12.7. The number of benzene rings is 2. The number of fused-ring (bicyclic) bond motifs is 1. The summed E-state index contributed by atoms with van der Waals surface area (Å²) in [5.74, 6) is -0.586. The van der Waals surface area contributed by atoms with Crippen LogP contribution in [0.4, 0.5) is 8.78 Å². The minimum absolute atomic E-state index is 0.00213. The maximum Gasteiger partial charge on any atom is 0.295 e. The number of carbonyl (C=O) groups excluding carboxylic acids is 1. The van der Waals surface area contributed by atoms with Crippen molar-refractivity contribution < 1.29 is 13.6 Å². The van der Waals surface area contributed by atoms with Gasteiger partial charge < -0.3 is 10.3 Å². The topological polar surface area (TPSA) is 57.8 Å². The molecule has 1 saturated carbocycles. The number of alkyl halides is 2. The van der Waals surface area contributed by atoms with E-state index >= 15 is 0 Å². The summed E-state index contributed by atoms with van der Waals surface area (Å²) >= 11 is 0. The van der Waals surface area contributed by atoms with Gasteiger partial charge >= 0.3 is 0 Å². The van der Waals surface area contributed by atoms with Gasteiger partial charge in [-0.2, -0.15) is 0 Å². The molecule has 1 aromatic heterocycles. The van der Waals surface area contributed by atoms with Crippen LogP contribution in [-0.4, -0.2) is 22.4 Å². The average Bonchev–Trinajstić information content (AvgIpc) is 3.05. The Hall–Kier alpha value is -2.76.